The Balaban J connectivity index is 0. The predicted octanol–water partition coefficient (Wildman–Crippen LogP) is 4.71. The molecule has 0 bridgehead atoms. The molecule has 0 atom stereocenters. The molecule has 0 saturated heterocycles. The van der Waals surface area contributed by atoms with Crippen LogP contribution in [-0.4, -0.2) is 15.0 Å². The van der Waals surface area contributed by atoms with Crippen LogP contribution in [0.4, 0.5) is 8.78 Å². The van der Waals surface area contributed by atoms with Crippen LogP contribution in [0.2, 0.25) is 0 Å². The molecule has 0 aliphatic carbocycles. The average Bonchev–Trinajstić information content (AvgIpc) is 2.77. The molecule has 0 amide bonds. The Labute approximate surface area is 116 Å². The first-order chi connectivity index (χ1) is 9.03. The second-order valence-electron chi connectivity index (χ2n) is 3.71. The van der Waals surface area contributed by atoms with Crippen molar-refractivity contribution in [1.82, 2.24) is 15.0 Å². The SMILES string of the molecule is CC.CC.CCCc1nnn(C)c1C(F)(F)CCC. The summed E-state index contributed by atoms with van der Waals surface area (Å²) in [7, 11) is 1.52. The highest BCUT2D eigenvalue weighted by Gasteiger charge is 2.36. The van der Waals surface area contributed by atoms with Crippen LogP contribution in [0, 0.1) is 0 Å². The quantitative estimate of drug-likeness (QED) is 0.780. The molecule has 0 saturated carbocycles. The van der Waals surface area contributed by atoms with Gasteiger partial charge in [-0.15, -0.1) is 5.10 Å². The van der Waals surface area contributed by atoms with Crippen molar-refractivity contribution in [3.05, 3.63) is 11.4 Å². The van der Waals surface area contributed by atoms with Crippen molar-refractivity contribution in [2.45, 2.75) is 73.1 Å². The second kappa shape index (κ2) is 10.9. The maximum Gasteiger partial charge on any atom is 0.291 e. The fourth-order valence-corrected chi connectivity index (χ4v) is 1.69. The van der Waals surface area contributed by atoms with Gasteiger partial charge in [0.05, 0.1) is 5.69 Å². The molecule has 114 valence electrons. The molecule has 0 aromatic carbocycles. The number of hydrogen-bond donors (Lipinski definition) is 0. The van der Waals surface area contributed by atoms with E-state index in [9.17, 15) is 8.78 Å². The van der Waals surface area contributed by atoms with Gasteiger partial charge >= 0.3 is 0 Å². The summed E-state index contributed by atoms with van der Waals surface area (Å²) < 4.78 is 28.7. The van der Waals surface area contributed by atoms with E-state index in [1.807, 2.05) is 34.6 Å². The molecular weight excluding hydrogens is 248 g/mol. The summed E-state index contributed by atoms with van der Waals surface area (Å²) in [5.74, 6) is -2.81. The monoisotopic (exact) mass is 277 g/mol. The molecular formula is C14H29F2N3. The Bertz CT molecular complexity index is 322. The fraction of sp³-hybridized carbons (Fsp3) is 0.857. The van der Waals surface area contributed by atoms with Crippen LogP contribution in [0.3, 0.4) is 0 Å². The van der Waals surface area contributed by atoms with Crippen molar-refractivity contribution >= 4 is 0 Å². The van der Waals surface area contributed by atoms with Gasteiger partial charge in [-0.1, -0.05) is 59.6 Å². The minimum Gasteiger partial charge on any atom is -0.246 e. The molecule has 0 radical (unpaired) electrons. The van der Waals surface area contributed by atoms with Crippen molar-refractivity contribution in [3.8, 4) is 0 Å². The summed E-state index contributed by atoms with van der Waals surface area (Å²) >= 11 is 0. The van der Waals surface area contributed by atoms with Gasteiger partial charge in [-0.2, -0.15) is 8.78 Å². The third kappa shape index (κ3) is 6.12. The van der Waals surface area contributed by atoms with E-state index in [2.05, 4.69) is 10.3 Å². The summed E-state index contributed by atoms with van der Waals surface area (Å²) in [5.41, 5.74) is 0.407. The van der Waals surface area contributed by atoms with Crippen LogP contribution in [0.5, 0.6) is 0 Å². The normalized spacial score (nSPS) is 10.2. The van der Waals surface area contributed by atoms with E-state index in [1.165, 1.54) is 11.7 Å². The van der Waals surface area contributed by atoms with Crippen LogP contribution in [0.1, 0.15) is 72.2 Å². The zero-order chi connectivity index (χ0) is 15.5. The van der Waals surface area contributed by atoms with E-state index in [4.69, 9.17) is 0 Å². The number of halogens is 2. The lowest BCUT2D eigenvalue weighted by Crippen LogP contribution is -2.19. The van der Waals surface area contributed by atoms with Crippen LogP contribution in [-0.2, 0) is 19.4 Å². The molecule has 0 aliphatic heterocycles. The zero-order valence-electron chi connectivity index (χ0n) is 13.4. The molecule has 0 aliphatic rings. The molecule has 1 heterocycles. The molecule has 0 unspecified atom stereocenters. The Morgan fingerprint density at radius 2 is 1.58 bits per heavy atom. The minimum absolute atomic E-state index is 0.0220. The lowest BCUT2D eigenvalue weighted by atomic mass is 10.1. The van der Waals surface area contributed by atoms with Crippen LogP contribution in [0.25, 0.3) is 0 Å². The van der Waals surface area contributed by atoms with Crippen LogP contribution in [0.15, 0.2) is 0 Å². The summed E-state index contributed by atoms with van der Waals surface area (Å²) in [4.78, 5) is 0. The van der Waals surface area contributed by atoms with E-state index in [0.29, 0.717) is 18.5 Å². The Hall–Kier alpha value is -1.00. The van der Waals surface area contributed by atoms with Crippen molar-refractivity contribution in [2.75, 3.05) is 0 Å². The van der Waals surface area contributed by atoms with Crippen LogP contribution >= 0.6 is 0 Å². The average molecular weight is 277 g/mol. The third-order valence-corrected chi connectivity index (χ3v) is 2.29. The van der Waals surface area contributed by atoms with Gasteiger partial charge in [-0.3, -0.25) is 0 Å². The summed E-state index contributed by atoms with van der Waals surface area (Å²) in [6.45, 7) is 11.7. The van der Waals surface area contributed by atoms with Gasteiger partial charge in [0.2, 0.25) is 0 Å². The van der Waals surface area contributed by atoms with E-state index in [1.54, 1.807) is 6.92 Å². The highest BCUT2D eigenvalue weighted by atomic mass is 19.3. The highest BCUT2D eigenvalue weighted by molar-refractivity contribution is 5.16. The minimum atomic E-state index is -2.81. The van der Waals surface area contributed by atoms with Crippen molar-refractivity contribution in [1.29, 1.82) is 0 Å². The number of nitrogens with zero attached hydrogens (tertiary/aromatic N) is 3. The first-order valence-corrected chi connectivity index (χ1v) is 7.29. The number of alkyl halides is 2. The molecule has 5 heteroatoms. The van der Waals surface area contributed by atoms with Crippen LogP contribution < -0.4 is 0 Å². The van der Waals surface area contributed by atoms with Gasteiger partial charge in [0.15, 0.2) is 0 Å². The number of hydrogen-bond acceptors (Lipinski definition) is 2. The van der Waals surface area contributed by atoms with E-state index < -0.39 is 5.92 Å². The van der Waals surface area contributed by atoms with Gasteiger partial charge in [-0.25, -0.2) is 4.68 Å². The van der Waals surface area contributed by atoms with Crippen molar-refractivity contribution in [3.63, 3.8) is 0 Å². The number of rotatable bonds is 5. The molecule has 0 fully saturated rings. The number of aryl methyl sites for hydroxylation is 2. The lowest BCUT2D eigenvalue weighted by Gasteiger charge is -2.16. The fourth-order valence-electron chi connectivity index (χ4n) is 1.69. The van der Waals surface area contributed by atoms with E-state index in [0.717, 1.165) is 6.42 Å². The Kier molecular flexibility index (Phi) is 11.6. The number of aromatic nitrogens is 3. The van der Waals surface area contributed by atoms with Gasteiger partial charge in [0, 0.05) is 13.5 Å². The van der Waals surface area contributed by atoms with Gasteiger partial charge in [0.25, 0.3) is 5.92 Å². The van der Waals surface area contributed by atoms with Gasteiger partial charge in [0.1, 0.15) is 5.69 Å². The maximum atomic E-state index is 13.7. The second-order valence-corrected chi connectivity index (χ2v) is 3.71. The molecule has 0 spiro atoms. The first-order valence-electron chi connectivity index (χ1n) is 7.29. The van der Waals surface area contributed by atoms with Crippen molar-refractivity contribution in [2.24, 2.45) is 7.05 Å². The smallest absolute Gasteiger partial charge is 0.246 e. The third-order valence-electron chi connectivity index (χ3n) is 2.29. The topological polar surface area (TPSA) is 30.7 Å². The predicted molar refractivity (Wildman–Crippen MR) is 76.5 cm³/mol. The molecule has 1 rings (SSSR count). The Morgan fingerprint density at radius 1 is 1.05 bits per heavy atom. The molecule has 1 aromatic heterocycles. The maximum absolute atomic E-state index is 13.7. The largest absolute Gasteiger partial charge is 0.291 e. The molecule has 0 N–H and O–H groups in total. The van der Waals surface area contributed by atoms with Gasteiger partial charge < -0.3 is 0 Å². The summed E-state index contributed by atoms with van der Waals surface area (Å²) in [6.07, 6.45) is 1.66. The molecule has 3 nitrogen and oxygen atoms in total. The van der Waals surface area contributed by atoms with Crippen molar-refractivity contribution < 1.29 is 8.78 Å². The lowest BCUT2D eigenvalue weighted by molar-refractivity contribution is -0.0228. The standard InChI is InChI=1S/C10H17F2N3.2C2H6/c1-4-6-8-9(15(3)14-13-8)10(11,12)7-5-2;2*1-2/h4-7H2,1-3H3;2*1-2H3. The van der Waals surface area contributed by atoms with Gasteiger partial charge in [-0.05, 0) is 6.42 Å². The zero-order valence-corrected chi connectivity index (χ0v) is 13.4. The van der Waals surface area contributed by atoms with E-state index >= 15 is 0 Å². The highest BCUT2D eigenvalue weighted by Crippen LogP contribution is 2.34. The summed E-state index contributed by atoms with van der Waals surface area (Å²) in [5, 5.41) is 7.46. The summed E-state index contributed by atoms with van der Waals surface area (Å²) in [6, 6.07) is 0. The molecule has 1 aromatic rings. The molecule has 19 heavy (non-hydrogen) atoms. The van der Waals surface area contributed by atoms with E-state index in [-0.39, 0.29) is 12.1 Å². The Morgan fingerprint density at radius 3 is 2.00 bits per heavy atom. The first kappa shape index (κ1) is 20.3.